The van der Waals surface area contributed by atoms with Crippen LogP contribution in [0.5, 0.6) is 0 Å². The van der Waals surface area contributed by atoms with Crippen molar-refractivity contribution in [3.63, 3.8) is 0 Å². The summed E-state index contributed by atoms with van der Waals surface area (Å²) in [7, 11) is -3.37. The van der Waals surface area contributed by atoms with Crippen molar-refractivity contribution in [1.29, 1.82) is 0 Å². The number of hydrogen-bond donors (Lipinski definition) is 1. The van der Waals surface area contributed by atoms with Crippen molar-refractivity contribution in [3.05, 3.63) is 0 Å². The largest absolute Gasteiger partial charge is 0.379 e. The average molecular weight is 302 g/mol. The van der Waals surface area contributed by atoms with Crippen LogP contribution in [-0.4, -0.2) is 45.1 Å². The summed E-state index contributed by atoms with van der Waals surface area (Å²) in [5.41, 5.74) is 0.308. The second-order valence-electron chi connectivity index (χ2n) is 7.30. The molecule has 2 saturated carbocycles. The molecule has 2 aliphatic carbocycles. The predicted octanol–water partition coefficient (Wildman–Crippen LogP) is 1.37. The lowest BCUT2D eigenvalue weighted by Gasteiger charge is -2.40. The van der Waals surface area contributed by atoms with Gasteiger partial charge in [0.15, 0.2) is 0 Å². The van der Waals surface area contributed by atoms with Gasteiger partial charge >= 0.3 is 0 Å². The molecule has 0 radical (unpaired) electrons. The van der Waals surface area contributed by atoms with Crippen molar-refractivity contribution in [2.24, 2.45) is 16.7 Å². The van der Waals surface area contributed by atoms with Gasteiger partial charge in [-0.05, 0) is 36.0 Å². The maximum absolute atomic E-state index is 12.5. The standard InChI is InChI=1S/C14H26N2O3S/c1-13(2)11-4-5-14(13,3)12(10-11)15-20(17,18)16-6-8-19-9-7-16/h11-12,15H,4-10H2,1-3H3/t11-,12+,14-/m0/s1. The third-order valence-corrected chi connectivity index (χ3v) is 8.02. The molecule has 0 unspecified atom stereocenters. The van der Waals surface area contributed by atoms with Gasteiger partial charge in [-0.25, -0.2) is 0 Å². The molecule has 1 N–H and O–H groups in total. The van der Waals surface area contributed by atoms with E-state index in [-0.39, 0.29) is 16.9 Å². The first-order valence-corrected chi connectivity index (χ1v) is 9.06. The maximum Gasteiger partial charge on any atom is 0.279 e. The minimum atomic E-state index is -3.37. The lowest BCUT2D eigenvalue weighted by molar-refractivity contribution is 0.0712. The highest BCUT2D eigenvalue weighted by atomic mass is 32.2. The lowest BCUT2D eigenvalue weighted by Crippen LogP contribution is -2.53. The molecule has 0 aromatic heterocycles. The molecule has 0 aromatic carbocycles. The number of hydrogen-bond acceptors (Lipinski definition) is 3. The molecule has 1 heterocycles. The number of morpholine rings is 1. The van der Waals surface area contributed by atoms with E-state index in [1.807, 2.05) is 0 Å². The number of rotatable bonds is 3. The summed E-state index contributed by atoms with van der Waals surface area (Å²) in [5.74, 6) is 0.643. The average Bonchev–Trinajstić information content (AvgIpc) is 2.72. The first kappa shape index (κ1) is 14.8. The van der Waals surface area contributed by atoms with E-state index in [2.05, 4.69) is 25.5 Å². The first-order chi connectivity index (χ1) is 9.27. The zero-order valence-corrected chi connectivity index (χ0v) is 13.5. The Kier molecular flexibility index (Phi) is 3.44. The second-order valence-corrected chi connectivity index (χ2v) is 9.00. The maximum atomic E-state index is 12.5. The van der Waals surface area contributed by atoms with Crippen molar-refractivity contribution in [2.45, 2.75) is 46.1 Å². The van der Waals surface area contributed by atoms with Crippen LogP contribution >= 0.6 is 0 Å². The quantitative estimate of drug-likeness (QED) is 0.856. The monoisotopic (exact) mass is 302 g/mol. The molecule has 3 aliphatic rings. The van der Waals surface area contributed by atoms with Crippen molar-refractivity contribution in [2.75, 3.05) is 26.3 Å². The number of nitrogens with zero attached hydrogens (tertiary/aromatic N) is 1. The molecular weight excluding hydrogens is 276 g/mol. The van der Waals surface area contributed by atoms with E-state index in [1.54, 1.807) is 0 Å². The highest BCUT2D eigenvalue weighted by molar-refractivity contribution is 7.87. The van der Waals surface area contributed by atoms with Crippen LogP contribution in [0.3, 0.4) is 0 Å². The van der Waals surface area contributed by atoms with Crippen molar-refractivity contribution < 1.29 is 13.2 Å². The summed E-state index contributed by atoms with van der Waals surface area (Å²) in [6, 6.07) is 0.0732. The van der Waals surface area contributed by atoms with Crippen LogP contribution in [0.25, 0.3) is 0 Å². The fraction of sp³-hybridized carbons (Fsp3) is 1.00. The van der Waals surface area contributed by atoms with Crippen LogP contribution in [0, 0.1) is 16.7 Å². The molecule has 20 heavy (non-hydrogen) atoms. The summed E-state index contributed by atoms with van der Waals surface area (Å²) in [5, 5.41) is 0. The Bertz CT molecular complexity index is 485. The van der Waals surface area contributed by atoms with E-state index in [1.165, 1.54) is 10.7 Å². The van der Waals surface area contributed by atoms with Crippen LogP contribution in [0.2, 0.25) is 0 Å². The molecule has 0 spiro atoms. The molecule has 2 bridgehead atoms. The van der Waals surface area contributed by atoms with Crippen molar-refractivity contribution in [1.82, 2.24) is 9.03 Å². The molecule has 1 aliphatic heterocycles. The van der Waals surface area contributed by atoms with Gasteiger partial charge in [-0.2, -0.15) is 17.4 Å². The summed E-state index contributed by atoms with van der Waals surface area (Å²) in [4.78, 5) is 0. The zero-order valence-electron chi connectivity index (χ0n) is 12.7. The Hall–Kier alpha value is -0.170. The summed E-state index contributed by atoms with van der Waals surface area (Å²) in [6.45, 7) is 8.78. The predicted molar refractivity (Wildman–Crippen MR) is 77.5 cm³/mol. The lowest BCUT2D eigenvalue weighted by atomic mass is 9.69. The summed E-state index contributed by atoms with van der Waals surface area (Å²) >= 11 is 0. The molecular formula is C14H26N2O3S. The SMILES string of the molecule is CC1(C)[C@H]2CC[C@@]1(C)[C@H](NS(=O)(=O)N1CCOCC1)C2. The fourth-order valence-electron chi connectivity index (χ4n) is 4.42. The Balaban J connectivity index is 1.76. The van der Waals surface area contributed by atoms with Crippen molar-refractivity contribution in [3.8, 4) is 0 Å². The summed E-state index contributed by atoms with van der Waals surface area (Å²) < 4.78 is 34.8. The Morgan fingerprint density at radius 1 is 1.20 bits per heavy atom. The molecule has 3 atom stereocenters. The molecule has 116 valence electrons. The van der Waals surface area contributed by atoms with Crippen LogP contribution in [0.4, 0.5) is 0 Å². The molecule has 3 rings (SSSR count). The van der Waals surface area contributed by atoms with Gasteiger partial charge in [0.1, 0.15) is 0 Å². The molecule has 1 saturated heterocycles. The van der Waals surface area contributed by atoms with Gasteiger partial charge in [0, 0.05) is 19.1 Å². The normalized spacial score (nSPS) is 41.1. The molecule has 5 nitrogen and oxygen atoms in total. The molecule has 6 heteroatoms. The molecule has 0 aromatic rings. The van der Waals surface area contributed by atoms with Gasteiger partial charge in [0.05, 0.1) is 13.2 Å². The van der Waals surface area contributed by atoms with E-state index in [0.717, 1.165) is 12.8 Å². The zero-order chi connectivity index (χ0) is 14.6. The van der Waals surface area contributed by atoms with E-state index >= 15 is 0 Å². The third-order valence-electron chi connectivity index (χ3n) is 6.40. The van der Waals surface area contributed by atoms with E-state index in [0.29, 0.717) is 32.2 Å². The first-order valence-electron chi connectivity index (χ1n) is 7.62. The molecule has 0 amide bonds. The topological polar surface area (TPSA) is 58.6 Å². The van der Waals surface area contributed by atoms with Crippen LogP contribution in [0.1, 0.15) is 40.0 Å². The van der Waals surface area contributed by atoms with Crippen LogP contribution in [-0.2, 0) is 14.9 Å². The van der Waals surface area contributed by atoms with Gasteiger partial charge in [-0.15, -0.1) is 0 Å². The number of ether oxygens (including phenoxy) is 1. The second kappa shape index (κ2) is 4.66. The van der Waals surface area contributed by atoms with Gasteiger partial charge in [0.2, 0.25) is 0 Å². The number of fused-ring (bicyclic) bond motifs is 2. The highest BCUT2D eigenvalue weighted by Crippen LogP contribution is 2.65. The Morgan fingerprint density at radius 2 is 1.85 bits per heavy atom. The van der Waals surface area contributed by atoms with Crippen LogP contribution < -0.4 is 4.72 Å². The smallest absolute Gasteiger partial charge is 0.279 e. The van der Waals surface area contributed by atoms with Gasteiger partial charge in [-0.1, -0.05) is 20.8 Å². The summed E-state index contributed by atoms with van der Waals surface area (Å²) in [6.07, 6.45) is 3.34. The van der Waals surface area contributed by atoms with Gasteiger partial charge in [0.25, 0.3) is 10.2 Å². The third kappa shape index (κ3) is 2.03. The Morgan fingerprint density at radius 3 is 2.35 bits per heavy atom. The van der Waals surface area contributed by atoms with Gasteiger partial charge < -0.3 is 4.74 Å². The molecule has 3 fully saturated rings. The number of nitrogens with one attached hydrogen (secondary N) is 1. The highest BCUT2D eigenvalue weighted by Gasteiger charge is 2.62. The minimum absolute atomic E-state index is 0.0732. The van der Waals surface area contributed by atoms with Crippen LogP contribution in [0.15, 0.2) is 0 Å². The Labute approximate surface area is 122 Å². The fourth-order valence-corrected chi connectivity index (χ4v) is 5.92. The van der Waals surface area contributed by atoms with E-state index < -0.39 is 10.2 Å². The van der Waals surface area contributed by atoms with E-state index in [9.17, 15) is 8.42 Å². The van der Waals surface area contributed by atoms with Crippen molar-refractivity contribution >= 4 is 10.2 Å². The van der Waals surface area contributed by atoms with E-state index in [4.69, 9.17) is 4.74 Å². The van der Waals surface area contributed by atoms with Gasteiger partial charge in [-0.3, -0.25) is 0 Å². The minimum Gasteiger partial charge on any atom is -0.379 e.